The molecule has 0 unspecified atom stereocenters. The van der Waals surface area contributed by atoms with E-state index < -0.39 is 5.82 Å². The van der Waals surface area contributed by atoms with Crippen molar-refractivity contribution in [3.63, 3.8) is 0 Å². The van der Waals surface area contributed by atoms with E-state index in [4.69, 9.17) is 5.26 Å². The number of benzene rings is 1. The first-order valence-corrected chi connectivity index (χ1v) is 6.73. The third-order valence-corrected chi connectivity index (χ3v) is 4.17. The van der Waals surface area contributed by atoms with Crippen LogP contribution in [0.1, 0.15) is 24.8 Å². The zero-order valence-electron chi connectivity index (χ0n) is 9.78. The first kappa shape index (κ1) is 12.9. The Bertz CT molecular complexity index is 498. The molecule has 94 valence electrons. The number of nitrogens with one attached hydrogen (secondary N) is 1. The van der Waals surface area contributed by atoms with Gasteiger partial charge in [-0.1, -0.05) is 12.5 Å². The molecule has 1 fully saturated rings. The van der Waals surface area contributed by atoms with Gasteiger partial charge in [-0.05, 0) is 25.0 Å². The van der Waals surface area contributed by atoms with Crippen LogP contribution in [0.3, 0.4) is 0 Å². The van der Waals surface area contributed by atoms with Gasteiger partial charge in [-0.25, -0.2) is 4.39 Å². The first-order valence-electron chi connectivity index (χ1n) is 5.85. The van der Waals surface area contributed by atoms with Crippen molar-refractivity contribution < 1.29 is 9.18 Å². The lowest BCUT2D eigenvalue weighted by Gasteiger charge is -2.13. The molecule has 1 aliphatic heterocycles. The Morgan fingerprint density at radius 2 is 2.28 bits per heavy atom. The number of carbonyl (C=O) groups is 1. The van der Waals surface area contributed by atoms with Gasteiger partial charge in [-0.3, -0.25) is 4.79 Å². The number of rotatable bonds is 2. The van der Waals surface area contributed by atoms with E-state index in [1.165, 1.54) is 17.8 Å². The molecule has 0 bridgehead atoms. The highest BCUT2D eigenvalue weighted by Gasteiger charge is 2.23. The highest BCUT2D eigenvalue weighted by atomic mass is 32.2. The van der Waals surface area contributed by atoms with Gasteiger partial charge in [0.05, 0.1) is 5.25 Å². The summed E-state index contributed by atoms with van der Waals surface area (Å²) in [4.78, 5) is 12.3. The number of hydrogen-bond donors (Lipinski definition) is 1. The van der Waals surface area contributed by atoms with Crippen molar-refractivity contribution in [3.8, 4) is 6.07 Å². The van der Waals surface area contributed by atoms with Crippen LogP contribution in [0.2, 0.25) is 0 Å². The summed E-state index contributed by atoms with van der Waals surface area (Å²) in [6.07, 6.45) is 2.70. The average molecular weight is 264 g/mol. The Hall–Kier alpha value is -1.54. The first-order chi connectivity index (χ1) is 8.72. The molecule has 5 heteroatoms. The van der Waals surface area contributed by atoms with Crippen LogP contribution in [0, 0.1) is 17.1 Å². The molecular weight excluding hydrogens is 251 g/mol. The maximum atomic E-state index is 13.4. The predicted octanol–water partition coefficient (Wildman–Crippen LogP) is 2.46. The van der Waals surface area contributed by atoms with Gasteiger partial charge in [0.25, 0.3) is 0 Å². The topological polar surface area (TPSA) is 52.9 Å². The minimum Gasteiger partial charge on any atom is -0.355 e. The van der Waals surface area contributed by atoms with Crippen LogP contribution >= 0.6 is 11.8 Å². The summed E-state index contributed by atoms with van der Waals surface area (Å²) in [6, 6.07) is 6.36. The molecule has 1 amide bonds. The molecular formula is C13H13FN2OS. The second-order valence-corrected chi connectivity index (χ2v) is 5.36. The lowest BCUT2D eigenvalue weighted by molar-refractivity contribution is -0.120. The van der Waals surface area contributed by atoms with Crippen molar-refractivity contribution in [1.29, 1.82) is 5.26 Å². The van der Waals surface area contributed by atoms with E-state index in [-0.39, 0.29) is 16.7 Å². The van der Waals surface area contributed by atoms with Crippen molar-refractivity contribution in [2.75, 3.05) is 6.54 Å². The third-order valence-electron chi connectivity index (χ3n) is 2.84. The van der Waals surface area contributed by atoms with E-state index in [0.29, 0.717) is 11.4 Å². The van der Waals surface area contributed by atoms with Crippen molar-refractivity contribution >= 4 is 17.7 Å². The Labute approximate surface area is 109 Å². The summed E-state index contributed by atoms with van der Waals surface area (Å²) in [5.74, 6) is -0.554. The van der Waals surface area contributed by atoms with Crippen LogP contribution in [-0.2, 0) is 4.79 Å². The summed E-state index contributed by atoms with van der Waals surface area (Å²) in [7, 11) is 0. The van der Waals surface area contributed by atoms with Crippen molar-refractivity contribution in [2.45, 2.75) is 29.4 Å². The van der Waals surface area contributed by atoms with Gasteiger partial charge in [0, 0.05) is 11.4 Å². The fourth-order valence-corrected chi connectivity index (χ4v) is 3.09. The minimum atomic E-state index is -0.531. The Morgan fingerprint density at radius 1 is 1.44 bits per heavy atom. The molecule has 1 aliphatic rings. The zero-order chi connectivity index (χ0) is 13.0. The maximum Gasteiger partial charge on any atom is 0.233 e. The zero-order valence-corrected chi connectivity index (χ0v) is 10.6. The number of halogens is 1. The van der Waals surface area contributed by atoms with Gasteiger partial charge in [-0.15, -0.1) is 11.8 Å². The van der Waals surface area contributed by atoms with Gasteiger partial charge in [0.1, 0.15) is 17.4 Å². The van der Waals surface area contributed by atoms with Gasteiger partial charge >= 0.3 is 0 Å². The average Bonchev–Trinajstić information content (AvgIpc) is 2.55. The van der Waals surface area contributed by atoms with Crippen molar-refractivity contribution in [2.24, 2.45) is 0 Å². The lowest BCUT2D eigenvalue weighted by Crippen LogP contribution is -2.30. The molecule has 1 aromatic carbocycles. The number of nitriles is 1. The molecule has 3 nitrogen and oxygen atoms in total. The summed E-state index contributed by atoms with van der Waals surface area (Å²) >= 11 is 1.28. The minimum absolute atomic E-state index is 0.0225. The van der Waals surface area contributed by atoms with Crippen LogP contribution in [0.15, 0.2) is 23.1 Å². The number of amides is 1. The largest absolute Gasteiger partial charge is 0.355 e. The van der Waals surface area contributed by atoms with Crippen LogP contribution in [-0.4, -0.2) is 17.7 Å². The quantitative estimate of drug-likeness (QED) is 0.892. The van der Waals surface area contributed by atoms with Crippen LogP contribution in [0.25, 0.3) is 0 Å². The molecule has 0 spiro atoms. The van der Waals surface area contributed by atoms with Crippen molar-refractivity contribution in [1.82, 2.24) is 5.32 Å². The Balaban J connectivity index is 2.20. The normalized spacial score (nSPS) is 19.8. The fourth-order valence-electron chi connectivity index (χ4n) is 1.89. The molecule has 18 heavy (non-hydrogen) atoms. The molecule has 2 rings (SSSR count). The Morgan fingerprint density at radius 3 is 3.06 bits per heavy atom. The van der Waals surface area contributed by atoms with Gasteiger partial charge in [0.2, 0.25) is 5.91 Å². The van der Waals surface area contributed by atoms with Crippen molar-refractivity contribution in [3.05, 3.63) is 29.6 Å². The molecule has 1 aromatic rings. The standard InChI is InChI=1S/C13H13FN2OS/c14-10-4-3-6-11(9(10)8-15)18-12-5-1-2-7-16-13(12)17/h3-4,6,12H,1-2,5,7H2,(H,16,17)/t12-/m0/s1. The van der Waals surface area contributed by atoms with Crippen LogP contribution < -0.4 is 5.32 Å². The molecule has 0 aromatic heterocycles. The fraction of sp³-hybridized carbons (Fsp3) is 0.385. The molecule has 1 saturated heterocycles. The molecule has 0 aliphatic carbocycles. The summed E-state index contributed by atoms with van der Waals surface area (Å²) in [5.41, 5.74) is 0.0274. The monoisotopic (exact) mass is 264 g/mol. The highest BCUT2D eigenvalue weighted by Crippen LogP contribution is 2.31. The number of carbonyl (C=O) groups excluding carboxylic acids is 1. The second kappa shape index (κ2) is 5.87. The van der Waals surface area contributed by atoms with E-state index in [2.05, 4.69) is 5.32 Å². The van der Waals surface area contributed by atoms with Crippen LogP contribution in [0.5, 0.6) is 0 Å². The highest BCUT2D eigenvalue weighted by molar-refractivity contribution is 8.00. The lowest BCUT2D eigenvalue weighted by atomic mass is 10.2. The number of thioether (sulfide) groups is 1. The van der Waals surface area contributed by atoms with E-state index in [9.17, 15) is 9.18 Å². The van der Waals surface area contributed by atoms with Gasteiger partial charge in [-0.2, -0.15) is 5.26 Å². The summed E-state index contributed by atoms with van der Waals surface area (Å²) in [5, 5.41) is 11.5. The predicted molar refractivity (Wildman–Crippen MR) is 67.6 cm³/mol. The Kier molecular flexibility index (Phi) is 4.21. The molecule has 0 radical (unpaired) electrons. The third kappa shape index (κ3) is 2.82. The molecule has 1 heterocycles. The van der Waals surface area contributed by atoms with E-state index in [1.54, 1.807) is 12.1 Å². The number of hydrogen-bond acceptors (Lipinski definition) is 3. The summed E-state index contributed by atoms with van der Waals surface area (Å²) < 4.78 is 13.4. The van der Waals surface area contributed by atoms with Gasteiger partial charge in [0.15, 0.2) is 0 Å². The van der Waals surface area contributed by atoms with Crippen LogP contribution in [0.4, 0.5) is 4.39 Å². The van der Waals surface area contributed by atoms with E-state index >= 15 is 0 Å². The molecule has 1 N–H and O–H groups in total. The van der Waals surface area contributed by atoms with E-state index in [1.807, 2.05) is 6.07 Å². The summed E-state index contributed by atoms with van der Waals surface area (Å²) in [6.45, 7) is 0.699. The molecule has 1 atom stereocenters. The number of nitrogens with zero attached hydrogens (tertiary/aromatic N) is 1. The molecule has 0 saturated carbocycles. The SMILES string of the molecule is N#Cc1c(F)cccc1S[C@H]1CCCCNC1=O. The maximum absolute atomic E-state index is 13.4. The van der Waals surface area contributed by atoms with Gasteiger partial charge < -0.3 is 5.32 Å². The smallest absolute Gasteiger partial charge is 0.233 e. The van der Waals surface area contributed by atoms with E-state index in [0.717, 1.165) is 19.3 Å². The second-order valence-electron chi connectivity index (χ2n) is 4.12.